The summed E-state index contributed by atoms with van der Waals surface area (Å²) in [5.41, 5.74) is 3.72. The van der Waals surface area contributed by atoms with E-state index in [-0.39, 0.29) is 18.2 Å². The summed E-state index contributed by atoms with van der Waals surface area (Å²) in [6.45, 7) is 11.5. The van der Waals surface area contributed by atoms with Crippen molar-refractivity contribution in [1.82, 2.24) is 14.3 Å². The van der Waals surface area contributed by atoms with Crippen LogP contribution in [0.25, 0.3) is 22.2 Å². The standard InChI is InChI=1S/C31H36ClN3O5S/c1-8-39-29(36)27-24(21-14-15-22(18-41(7)38)23(32)16-21)26-28(35(27)30(37)40-31(4,5)6)25(19(2)3)33-34(26)17-20-12-10-9-11-13-20/h9-16,19H,8,17-18H2,1-7H3. The fourth-order valence-corrected chi connectivity index (χ4v) is 5.75. The number of rotatable bonds is 8. The third-order valence-electron chi connectivity index (χ3n) is 6.34. The summed E-state index contributed by atoms with van der Waals surface area (Å²) >= 11 is 6.68. The minimum atomic E-state index is -1.09. The molecular weight excluding hydrogens is 562 g/mol. The molecule has 0 aliphatic carbocycles. The molecule has 2 aromatic carbocycles. The van der Waals surface area contributed by atoms with Crippen LogP contribution in [0.15, 0.2) is 48.5 Å². The molecule has 0 amide bonds. The lowest BCUT2D eigenvalue weighted by atomic mass is 10.0. The second kappa shape index (κ2) is 12.2. The van der Waals surface area contributed by atoms with Crippen LogP contribution in [0, 0.1) is 0 Å². The van der Waals surface area contributed by atoms with Crippen LogP contribution in [0.3, 0.4) is 0 Å². The number of carbonyl (C=O) groups is 2. The quantitative estimate of drug-likeness (QED) is 0.200. The van der Waals surface area contributed by atoms with Gasteiger partial charge in [-0.25, -0.2) is 14.2 Å². The molecule has 0 N–H and O–H groups in total. The highest BCUT2D eigenvalue weighted by Crippen LogP contribution is 2.41. The largest absolute Gasteiger partial charge is 0.461 e. The molecular formula is C31H36ClN3O5S. The summed E-state index contributed by atoms with van der Waals surface area (Å²) < 4.78 is 26.4. The monoisotopic (exact) mass is 597 g/mol. The van der Waals surface area contributed by atoms with Gasteiger partial charge in [0.15, 0.2) is 0 Å². The van der Waals surface area contributed by atoms with E-state index < -0.39 is 28.5 Å². The summed E-state index contributed by atoms with van der Waals surface area (Å²) in [6.07, 6.45) is 0.908. The van der Waals surface area contributed by atoms with Gasteiger partial charge in [-0.05, 0) is 56.4 Å². The second-order valence-corrected chi connectivity index (χ2v) is 13.0. The maximum Gasteiger partial charge on any atom is 0.419 e. The minimum Gasteiger partial charge on any atom is -0.461 e. The van der Waals surface area contributed by atoms with Gasteiger partial charge in [0.25, 0.3) is 0 Å². The first kappa shape index (κ1) is 30.5. The van der Waals surface area contributed by atoms with Crippen molar-refractivity contribution in [3.63, 3.8) is 0 Å². The third kappa shape index (κ3) is 6.57. The molecule has 41 heavy (non-hydrogen) atoms. The Balaban J connectivity index is 2.14. The molecule has 1 unspecified atom stereocenters. The number of ether oxygens (including phenoxy) is 2. The van der Waals surface area contributed by atoms with Crippen LogP contribution in [0.1, 0.15) is 74.8 Å². The van der Waals surface area contributed by atoms with E-state index in [9.17, 15) is 13.8 Å². The Morgan fingerprint density at radius 1 is 1.07 bits per heavy atom. The zero-order valence-electron chi connectivity index (χ0n) is 24.5. The number of benzene rings is 2. The van der Waals surface area contributed by atoms with E-state index in [1.807, 2.05) is 54.9 Å². The maximum atomic E-state index is 13.9. The Bertz CT molecular complexity index is 1620. The van der Waals surface area contributed by atoms with Gasteiger partial charge in [0.1, 0.15) is 16.8 Å². The van der Waals surface area contributed by atoms with Crippen molar-refractivity contribution in [3.8, 4) is 11.1 Å². The lowest BCUT2D eigenvalue weighted by Crippen LogP contribution is -2.29. The van der Waals surface area contributed by atoms with E-state index in [4.69, 9.17) is 26.2 Å². The Morgan fingerprint density at radius 2 is 1.76 bits per heavy atom. The van der Waals surface area contributed by atoms with Crippen molar-refractivity contribution >= 4 is 45.5 Å². The van der Waals surface area contributed by atoms with Gasteiger partial charge in [0.05, 0.1) is 24.4 Å². The highest BCUT2D eigenvalue weighted by Gasteiger charge is 2.35. The van der Waals surface area contributed by atoms with Crippen molar-refractivity contribution in [2.75, 3.05) is 12.9 Å². The lowest BCUT2D eigenvalue weighted by molar-refractivity contribution is 0.0454. The van der Waals surface area contributed by atoms with Crippen LogP contribution in [-0.2, 0) is 32.6 Å². The molecule has 1 atom stereocenters. The molecule has 218 valence electrons. The van der Waals surface area contributed by atoms with Gasteiger partial charge >= 0.3 is 12.1 Å². The topological polar surface area (TPSA) is 92.4 Å². The first-order valence-corrected chi connectivity index (χ1v) is 15.6. The Morgan fingerprint density at radius 3 is 2.32 bits per heavy atom. The molecule has 0 fully saturated rings. The first-order valence-electron chi connectivity index (χ1n) is 13.5. The molecule has 2 heterocycles. The van der Waals surface area contributed by atoms with Crippen molar-refractivity contribution < 1.29 is 23.3 Å². The van der Waals surface area contributed by atoms with Crippen molar-refractivity contribution in [3.05, 3.63) is 76.1 Å². The van der Waals surface area contributed by atoms with E-state index in [2.05, 4.69) is 0 Å². The molecule has 10 heteroatoms. The number of nitrogens with zero attached hydrogens (tertiary/aromatic N) is 3. The third-order valence-corrected chi connectivity index (χ3v) is 7.41. The summed E-state index contributed by atoms with van der Waals surface area (Å²) in [7, 11) is -1.09. The number of aromatic nitrogens is 3. The maximum absolute atomic E-state index is 13.9. The van der Waals surface area contributed by atoms with Crippen LogP contribution >= 0.6 is 11.6 Å². The minimum absolute atomic E-state index is 0.0418. The van der Waals surface area contributed by atoms with Crippen molar-refractivity contribution in [1.29, 1.82) is 0 Å². The molecule has 0 saturated heterocycles. The average molecular weight is 598 g/mol. The van der Waals surface area contributed by atoms with E-state index in [0.717, 1.165) is 11.1 Å². The van der Waals surface area contributed by atoms with Crippen LogP contribution in [0.5, 0.6) is 0 Å². The van der Waals surface area contributed by atoms with Gasteiger partial charge in [-0.15, -0.1) is 0 Å². The first-order chi connectivity index (χ1) is 19.3. The van der Waals surface area contributed by atoms with Gasteiger partial charge in [-0.2, -0.15) is 5.10 Å². The van der Waals surface area contributed by atoms with E-state index in [1.165, 1.54) is 4.57 Å². The predicted octanol–water partition coefficient (Wildman–Crippen LogP) is 7.17. The highest BCUT2D eigenvalue weighted by atomic mass is 35.5. The molecule has 0 aliphatic heterocycles. The normalized spacial score (nSPS) is 12.6. The Kier molecular flexibility index (Phi) is 9.09. The molecule has 4 rings (SSSR count). The number of esters is 1. The fraction of sp³-hybridized carbons (Fsp3) is 0.387. The van der Waals surface area contributed by atoms with Gasteiger partial charge in [0, 0.05) is 33.4 Å². The molecule has 0 saturated carbocycles. The molecule has 2 aromatic heterocycles. The predicted molar refractivity (Wildman–Crippen MR) is 163 cm³/mol. The van der Waals surface area contributed by atoms with Crippen LogP contribution in [0.4, 0.5) is 4.79 Å². The average Bonchev–Trinajstić information content (AvgIpc) is 3.41. The molecule has 4 aromatic rings. The highest BCUT2D eigenvalue weighted by molar-refractivity contribution is 7.83. The number of hydrogen-bond donors (Lipinski definition) is 0. The van der Waals surface area contributed by atoms with E-state index >= 15 is 0 Å². The molecule has 8 nitrogen and oxygen atoms in total. The van der Waals surface area contributed by atoms with Gasteiger partial charge in [-0.3, -0.25) is 8.89 Å². The van der Waals surface area contributed by atoms with Gasteiger partial charge in [-0.1, -0.05) is 67.9 Å². The summed E-state index contributed by atoms with van der Waals surface area (Å²) in [6, 6.07) is 15.2. The van der Waals surface area contributed by atoms with E-state index in [0.29, 0.717) is 45.2 Å². The number of halogens is 1. The van der Waals surface area contributed by atoms with Crippen LogP contribution in [-0.4, -0.2) is 49.1 Å². The molecule has 0 radical (unpaired) electrons. The molecule has 0 aliphatic rings. The van der Waals surface area contributed by atoms with Crippen LogP contribution in [0.2, 0.25) is 5.02 Å². The smallest absolute Gasteiger partial charge is 0.419 e. The number of hydrogen-bond acceptors (Lipinski definition) is 6. The Hall–Kier alpha value is -3.43. The number of fused-ring (bicyclic) bond motifs is 1. The molecule has 0 spiro atoms. The zero-order valence-corrected chi connectivity index (χ0v) is 26.1. The van der Waals surface area contributed by atoms with Crippen molar-refractivity contribution in [2.45, 2.75) is 65.4 Å². The lowest BCUT2D eigenvalue weighted by Gasteiger charge is -2.21. The second-order valence-electron chi connectivity index (χ2n) is 11.2. The fourth-order valence-electron chi connectivity index (χ4n) is 4.73. The Labute approximate surface area is 248 Å². The van der Waals surface area contributed by atoms with Crippen LogP contribution < -0.4 is 0 Å². The van der Waals surface area contributed by atoms with Gasteiger partial charge in [0.2, 0.25) is 0 Å². The van der Waals surface area contributed by atoms with E-state index in [1.54, 1.807) is 46.1 Å². The zero-order chi connectivity index (χ0) is 30.1. The summed E-state index contributed by atoms with van der Waals surface area (Å²) in [5.74, 6) is -0.457. The summed E-state index contributed by atoms with van der Waals surface area (Å²) in [4.78, 5) is 27.6. The number of carbonyl (C=O) groups excluding carboxylic acids is 2. The van der Waals surface area contributed by atoms with Gasteiger partial charge < -0.3 is 9.47 Å². The van der Waals surface area contributed by atoms with Crippen molar-refractivity contribution in [2.24, 2.45) is 0 Å². The molecule has 0 bridgehead atoms. The summed E-state index contributed by atoms with van der Waals surface area (Å²) in [5, 5.41) is 5.36. The SMILES string of the molecule is CCOC(=O)c1c(-c2ccc(CS(C)=O)c(Cl)c2)c2c(c(C(C)C)nn2Cc2ccccc2)n1C(=O)OC(C)(C)C.